The molecule has 0 unspecified atom stereocenters. The van der Waals surface area contributed by atoms with Crippen molar-refractivity contribution in [3.05, 3.63) is 60.3 Å². The molecule has 4 heterocycles. The second-order valence-electron chi connectivity index (χ2n) is 11.6. The summed E-state index contributed by atoms with van der Waals surface area (Å²) in [5, 5.41) is 11.1. The maximum atomic E-state index is 12.8. The number of esters is 1. The molecule has 41 heavy (non-hydrogen) atoms. The van der Waals surface area contributed by atoms with Gasteiger partial charge in [0.05, 0.1) is 38.1 Å². The van der Waals surface area contributed by atoms with Gasteiger partial charge in [0, 0.05) is 18.9 Å². The van der Waals surface area contributed by atoms with Gasteiger partial charge in [0.25, 0.3) is 0 Å². The molecule has 226 valence electrons. The number of rotatable bonds is 4. The molecule has 4 aliphatic heterocycles. The molecule has 2 bridgehead atoms. The highest BCUT2D eigenvalue weighted by Crippen LogP contribution is 2.36. The van der Waals surface area contributed by atoms with Gasteiger partial charge in [-0.2, -0.15) is 0 Å². The quantitative estimate of drug-likeness (QED) is 0.286. The number of carbonyl (C=O) groups excluding carboxylic acids is 2. The minimum Gasteiger partial charge on any atom is -0.456 e. The summed E-state index contributed by atoms with van der Waals surface area (Å²) < 4.78 is 33.9. The van der Waals surface area contributed by atoms with Crippen molar-refractivity contribution in [2.75, 3.05) is 13.7 Å². The minimum atomic E-state index is -1.08. The molecule has 0 aromatic heterocycles. The number of hydrogen-bond donors (Lipinski definition) is 1. The Morgan fingerprint density at radius 2 is 2.00 bits per heavy atom. The van der Waals surface area contributed by atoms with Crippen LogP contribution >= 0.6 is 0 Å². The molecule has 0 amide bonds. The number of methoxy groups -OCH3 is 1. The SMILES string of the molecule is C=C1C[C@H](C)C[C@@H]2CC=C[C@@H](C/C=C\C(=O)O[C@H]([C@@H](O)/C=C/[C@@H]3CC(C)=CCO3)C[C@@H]3O[C@H]3[C@@H](OC(=O)OC)C1)O2. The maximum Gasteiger partial charge on any atom is 0.508 e. The van der Waals surface area contributed by atoms with Gasteiger partial charge in [0.1, 0.15) is 24.4 Å². The first-order chi connectivity index (χ1) is 19.7. The highest BCUT2D eigenvalue weighted by atomic mass is 16.7. The largest absolute Gasteiger partial charge is 0.508 e. The fourth-order valence-corrected chi connectivity index (χ4v) is 5.71. The van der Waals surface area contributed by atoms with E-state index < -0.39 is 36.5 Å². The number of cyclic esters (lactones) is 1. The van der Waals surface area contributed by atoms with E-state index in [4.69, 9.17) is 28.4 Å². The van der Waals surface area contributed by atoms with E-state index in [-0.39, 0.29) is 30.8 Å². The summed E-state index contributed by atoms with van der Waals surface area (Å²) in [7, 11) is 1.26. The first kappa shape index (κ1) is 31.2. The summed E-state index contributed by atoms with van der Waals surface area (Å²) in [6.45, 7) is 8.98. The lowest BCUT2D eigenvalue weighted by molar-refractivity contribution is -0.148. The zero-order valence-electron chi connectivity index (χ0n) is 24.3. The molecule has 0 aliphatic carbocycles. The van der Waals surface area contributed by atoms with Gasteiger partial charge in [0.2, 0.25) is 0 Å². The molecule has 0 radical (unpaired) electrons. The van der Waals surface area contributed by atoms with E-state index in [9.17, 15) is 14.7 Å². The smallest absolute Gasteiger partial charge is 0.456 e. The van der Waals surface area contributed by atoms with E-state index in [1.165, 1.54) is 18.8 Å². The molecule has 1 N–H and O–H groups in total. The second kappa shape index (κ2) is 15.0. The Morgan fingerprint density at radius 1 is 1.17 bits per heavy atom. The van der Waals surface area contributed by atoms with Crippen molar-refractivity contribution in [3.8, 4) is 0 Å². The van der Waals surface area contributed by atoms with Crippen LogP contribution in [0.4, 0.5) is 4.79 Å². The predicted molar refractivity (Wildman–Crippen MR) is 152 cm³/mol. The Kier molecular flexibility index (Phi) is 11.4. The van der Waals surface area contributed by atoms with Crippen LogP contribution in [0, 0.1) is 5.92 Å². The van der Waals surface area contributed by atoms with Gasteiger partial charge in [-0.25, -0.2) is 9.59 Å². The normalized spacial score (nSPS) is 36.6. The van der Waals surface area contributed by atoms with E-state index in [0.717, 1.165) is 31.3 Å². The monoisotopic (exact) mass is 572 g/mol. The molecule has 1 saturated heterocycles. The standard InChI is InChI=1S/C32H44O9/c1-20-13-14-37-24(16-20)11-12-26(33)27-19-29-31(40-29)28(41-32(35)36-4)18-22(3)15-21(2)17-25-9-5-7-23(38-25)8-6-10-30(34)39-27/h5-7,10-13,21,23-29,31,33H,3,8-9,14-19H2,1-2,4H3/b10-6-,12-11+/t21-,23-,24+,25-,26-,27-,28-,29-,31-/m0/s1. The van der Waals surface area contributed by atoms with Gasteiger partial charge >= 0.3 is 12.1 Å². The van der Waals surface area contributed by atoms with Crippen LogP contribution < -0.4 is 0 Å². The van der Waals surface area contributed by atoms with E-state index in [1.807, 2.05) is 19.1 Å². The Labute approximate surface area is 242 Å². The van der Waals surface area contributed by atoms with Crippen molar-refractivity contribution in [2.45, 2.75) is 108 Å². The summed E-state index contributed by atoms with van der Waals surface area (Å²) in [6.07, 6.45) is 12.7. The lowest BCUT2D eigenvalue weighted by Gasteiger charge is -2.28. The highest BCUT2D eigenvalue weighted by molar-refractivity contribution is 5.82. The van der Waals surface area contributed by atoms with Gasteiger partial charge in [-0.05, 0) is 44.9 Å². The first-order valence-electron chi connectivity index (χ1n) is 14.6. The average Bonchev–Trinajstić information content (AvgIpc) is 3.69. The summed E-state index contributed by atoms with van der Waals surface area (Å²) in [6, 6.07) is 0. The second-order valence-corrected chi connectivity index (χ2v) is 11.6. The average molecular weight is 573 g/mol. The lowest BCUT2D eigenvalue weighted by Crippen LogP contribution is -2.33. The van der Waals surface area contributed by atoms with Crippen LogP contribution in [0.1, 0.15) is 58.8 Å². The van der Waals surface area contributed by atoms with Crippen LogP contribution in [0.15, 0.2) is 60.3 Å². The number of carbonyl (C=O) groups is 2. The van der Waals surface area contributed by atoms with Crippen LogP contribution in [-0.2, 0) is 33.2 Å². The number of aliphatic hydroxyl groups is 1. The van der Waals surface area contributed by atoms with Crippen molar-refractivity contribution in [1.29, 1.82) is 0 Å². The predicted octanol–water partition coefficient (Wildman–Crippen LogP) is 4.90. The number of aliphatic hydroxyl groups excluding tert-OH is 1. The van der Waals surface area contributed by atoms with Gasteiger partial charge in [-0.1, -0.05) is 61.1 Å². The van der Waals surface area contributed by atoms with Gasteiger partial charge in [-0.3, -0.25) is 0 Å². The zero-order chi connectivity index (χ0) is 29.4. The first-order valence-corrected chi connectivity index (χ1v) is 14.6. The van der Waals surface area contributed by atoms with E-state index in [1.54, 1.807) is 18.2 Å². The fourth-order valence-electron chi connectivity index (χ4n) is 5.71. The van der Waals surface area contributed by atoms with Crippen molar-refractivity contribution in [1.82, 2.24) is 0 Å². The third-order valence-corrected chi connectivity index (χ3v) is 7.84. The molecule has 0 aromatic carbocycles. The topological polar surface area (TPSA) is 113 Å². The molecular formula is C32H44O9. The fraction of sp³-hybridized carbons (Fsp3) is 0.625. The molecule has 4 aliphatic rings. The molecule has 0 spiro atoms. The zero-order valence-corrected chi connectivity index (χ0v) is 24.3. The van der Waals surface area contributed by atoms with Crippen LogP contribution in [-0.4, -0.2) is 79.8 Å². The van der Waals surface area contributed by atoms with Crippen LogP contribution in [0.5, 0.6) is 0 Å². The number of hydrogen-bond acceptors (Lipinski definition) is 9. The molecule has 9 nitrogen and oxygen atoms in total. The summed E-state index contributed by atoms with van der Waals surface area (Å²) >= 11 is 0. The van der Waals surface area contributed by atoms with Crippen LogP contribution in [0.2, 0.25) is 0 Å². The number of epoxide rings is 1. The molecule has 9 heteroatoms. The summed E-state index contributed by atoms with van der Waals surface area (Å²) in [4.78, 5) is 24.8. The number of fused-ring (bicyclic) bond motifs is 3. The summed E-state index contributed by atoms with van der Waals surface area (Å²) in [5.41, 5.74) is 2.16. The number of ether oxygens (including phenoxy) is 6. The molecule has 1 fully saturated rings. The maximum absolute atomic E-state index is 12.8. The van der Waals surface area contributed by atoms with E-state index in [0.29, 0.717) is 25.4 Å². The van der Waals surface area contributed by atoms with E-state index in [2.05, 4.69) is 19.6 Å². The van der Waals surface area contributed by atoms with Gasteiger partial charge in [0.15, 0.2) is 0 Å². The van der Waals surface area contributed by atoms with Crippen molar-refractivity contribution < 1.29 is 43.1 Å². The third-order valence-electron chi connectivity index (χ3n) is 7.84. The van der Waals surface area contributed by atoms with Crippen LogP contribution in [0.25, 0.3) is 0 Å². The molecular weight excluding hydrogens is 528 g/mol. The Balaban J connectivity index is 1.50. The Morgan fingerprint density at radius 3 is 2.78 bits per heavy atom. The third kappa shape index (κ3) is 9.95. The lowest BCUT2D eigenvalue weighted by atomic mass is 9.90. The van der Waals surface area contributed by atoms with Gasteiger partial charge in [-0.15, -0.1) is 0 Å². The minimum absolute atomic E-state index is 0.0732. The van der Waals surface area contributed by atoms with E-state index >= 15 is 0 Å². The Bertz CT molecular complexity index is 1040. The molecule has 4 rings (SSSR count). The van der Waals surface area contributed by atoms with Crippen molar-refractivity contribution in [2.24, 2.45) is 5.92 Å². The molecule has 9 atom stereocenters. The van der Waals surface area contributed by atoms with Crippen molar-refractivity contribution in [3.63, 3.8) is 0 Å². The van der Waals surface area contributed by atoms with Crippen LogP contribution in [0.3, 0.4) is 0 Å². The summed E-state index contributed by atoms with van der Waals surface area (Å²) in [5.74, 6) is -0.244. The highest BCUT2D eigenvalue weighted by Gasteiger charge is 2.49. The molecule has 0 saturated carbocycles. The Hall–Kier alpha value is -2.72. The van der Waals surface area contributed by atoms with Gasteiger partial charge < -0.3 is 33.5 Å². The van der Waals surface area contributed by atoms with Crippen molar-refractivity contribution >= 4 is 12.1 Å². The molecule has 0 aromatic rings.